The molecule has 0 amide bonds. The molecular formula is C14H23NO2. The van der Waals surface area contributed by atoms with Crippen LogP contribution in [0, 0.1) is 0 Å². The highest BCUT2D eigenvalue weighted by Crippen LogP contribution is 1.89. The summed E-state index contributed by atoms with van der Waals surface area (Å²) in [5.74, 6) is -0.368. The van der Waals surface area contributed by atoms with E-state index in [-0.39, 0.29) is 5.97 Å². The van der Waals surface area contributed by atoms with Gasteiger partial charge in [0.25, 0.3) is 0 Å². The van der Waals surface area contributed by atoms with Gasteiger partial charge in [-0.15, -0.1) is 0 Å². The third kappa shape index (κ3) is 12.6. The zero-order chi connectivity index (χ0) is 12.8. The molecule has 0 aliphatic rings. The number of esters is 1. The van der Waals surface area contributed by atoms with E-state index in [1.54, 1.807) is 0 Å². The van der Waals surface area contributed by atoms with Crippen molar-refractivity contribution in [1.29, 1.82) is 0 Å². The molecule has 1 N–H and O–H groups in total. The first-order valence-corrected chi connectivity index (χ1v) is 6.12. The van der Waals surface area contributed by atoms with E-state index < -0.39 is 0 Å². The number of hydrogen-bond acceptors (Lipinski definition) is 3. The van der Waals surface area contributed by atoms with Gasteiger partial charge in [-0.05, 0) is 19.4 Å². The Labute approximate surface area is 104 Å². The standard InChI is InChI=1S/C14H23NO2/c1-3-5-6-7-8-9-10-11-15-12-13-17-14(16)4-2/h4,6-9,15H,2-3,5,10-13H2,1H3. The Kier molecular flexibility index (Phi) is 11.7. The summed E-state index contributed by atoms with van der Waals surface area (Å²) < 4.78 is 4.81. The second-order valence-electron chi connectivity index (χ2n) is 3.56. The van der Waals surface area contributed by atoms with Crippen LogP contribution in [0.3, 0.4) is 0 Å². The number of nitrogens with one attached hydrogen (secondary N) is 1. The second kappa shape index (κ2) is 12.7. The SMILES string of the molecule is C=CC(=O)OCCNCCC=CC=CCCC. The molecule has 0 heterocycles. The number of allylic oxidation sites excluding steroid dienone is 3. The van der Waals surface area contributed by atoms with E-state index in [9.17, 15) is 4.79 Å². The van der Waals surface area contributed by atoms with E-state index >= 15 is 0 Å². The molecule has 0 rings (SSSR count). The first kappa shape index (κ1) is 15.7. The minimum atomic E-state index is -0.368. The lowest BCUT2D eigenvalue weighted by molar-refractivity contribution is -0.137. The van der Waals surface area contributed by atoms with Gasteiger partial charge in [0, 0.05) is 12.6 Å². The highest BCUT2D eigenvalue weighted by atomic mass is 16.5. The molecule has 96 valence electrons. The predicted molar refractivity (Wildman–Crippen MR) is 71.8 cm³/mol. The quantitative estimate of drug-likeness (QED) is 0.275. The van der Waals surface area contributed by atoms with Crippen LogP contribution < -0.4 is 5.32 Å². The van der Waals surface area contributed by atoms with Gasteiger partial charge < -0.3 is 10.1 Å². The number of ether oxygens (including phenoxy) is 1. The Balaban J connectivity index is 3.23. The maximum atomic E-state index is 10.7. The molecule has 0 spiro atoms. The van der Waals surface area contributed by atoms with Crippen molar-refractivity contribution < 1.29 is 9.53 Å². The van der Waals surface area contributed by atoms with E-state index in [0.717, 1.165) is 19.4 Å². The lowest BCUT2D eigenvalue weighted by Crippen LogP contribution is -2.21. The maximum Gasteiger partial charge on any atom is 0.330 e. The Morgan fingerprint density at radius 3 is 2.59 bits per heavy atom. The minimum absolute atomic E-state index is 0.368. The van der Waals surface area contributed by atoms with Crippen molar-refractivity contribution >= 4 is 5.97 Å². The summed E-state index contributed by atoms with van der Waals surface area (Å²) in [5, 5.41) is 3.18. The largest absolute Gasteiger partial charge is 0.461 e. The summed E-state index contributed by atoms with van der Waals surface area (Å²) in [6.07, 6.45) is 12.9. The van der Waals surface area contributed by atoms with E-state index in [0.29, 0.717) is 13.2 Å². The lowest BCUT2D eigenvalue weighted by Gasteiger charge is -2.02. The number of carbonyl (C=O) groups excluding carboxylic acids is 1. The average Bonchev–Trinajstić information content (AvgIpc) is 2.35. The van der Waals surface area contributed by atoms with Gasteiger partial charge in [0.1, 0.15) is 6.61 Å². The Bertz CT molecular complexity index is 257. The molecule has 0 saturated heterocycles. The van der Waals surface area contributed by atoms with Gasteiger partial charge in [-0.2, -0.15) is 0 Å². The molecule has 0 bridgehead atoms. The van der Waals surface area contributed by atoms with E-state index in [4.69, 9.17) is 4.74 Å². The summed E-state index contributed by atoms with van der Waals surface area (Å²) in [5.41, 5.74) is 0. The van der Waals surface area contributed by atoms with Crippen LogP contribution in [0.1, 0.15) is 26.2 Å². The summed E-state index contributed by atoms with van der Waals surface area (Å²) in [6.45, 7) is 7.45. The molecule has 3 heteroatoms. The van der Waals surface area contributed by atoms with E-state index in [1.807, 2.05) is 0 Å². The number of hydrogen-bond donors (Lipinski definition) is 1. The van der Waals surface area contributed by atoms with E-state index in [1.165, 1.54) is 12.5 Å². The van der Waals surface area contributed by atoms with Crippen molar-refractivity contribution in [2.45, 2.75) is 26.2 Å². The van der Waals surface area contributed by atoms with Crippen molar-refractivity contribution in [3.8, 4) is 0 Å². The van der Waals surface area contributed by atoms with Crippen LogP contribution in [0.15, 0.2) is 37.0 Å². The first-order chi connectivity index (χ1) is 8.31. The summed E-state index contributed by atoms with van der Waals surface area (Å²) in [6, 6.07) is 0. The fraction of sp³-hybridized carbons (Fsp3) is 0.500. The zero-order valence-corrected chi connectivity index (χ0v) is 10.7. The molecule has 0 aromatic rings. The lowest BCUT2D eigenvalue weighted by atomic mass is 10.3. The number of carbonyl (C=O) groups is 1. The predicted octanol–water partition coefficient (Wildman–Crippen LogP) is 2.61. The Hall–Kier alpha value is -1.35. The van der Waals surface area contributed by atoms with Gasteiger partial charge >= 0.3 is 5.97 Å². The number of rotatable bonds is 10. The van der Waals surface area contributed by atoms with Gasteiger partial charge in [-0.3, -0.25) is 0 Å². The average molecular weight is 237 g/mol. The van der Waals surface area contributed by atoms with Crippen LogP contribution >= 0.6 is 0 Å². The molecule has 0 unspecified atom stereocenters. The van der Waals surface area contributed by atoms with Gasteiger partial charge in [-0.25, -0.2) is 4.79 Å². The molecule has 0 aliphatic carbocycles. The summed E-state index contributed by atoms with van der Waals surface area (Å²) in [4.78, 5) is 10.7. The molecule has 0 saturated carbocycles. The number of unbranched alkanes of at least 4 members (excludes halogenated alkanes) is 1. The van der Waals surface area contributed by atoms with Gasteiger partial charge in [0.15, 0.2) is 0 Å². The van der Waals surface area contributed by atoms with Crippen molar-refractivity contribution in [2.24, 2.45) is 0 Å². The second-order valence-corrected chi connectivity index (χ2v) is 3.56. The molecule has 3 nitrogen and oxygen atoms in total. The fourth-order valence-electron chi connectivity index (χ4n) is 1.11. The Morgan fingerprint density at radius 2 is 1.94 bits per heavy atom. The van der Waals surface area contributed by atoms with E-state index in [2.05, 4.69) is 43.1 Å². The Morgan fingerprint density at radius 1 is 1.24 bits per heavy atom. The summed E-state index contributed by atoms with van der Waals surface area (Å²) >= 11 is 0. The van der Waals surface area contributed by atoms with Crippen LogP contribution in [0.4, 0.5) is 0 Å². The van der Waals surface area contributed by atoms with Crippen LogP contribution in [-0.2, 0) is 9.53 Å². The van der Waals surface area contributed by atoms with Gasteiger partial charge in [0.05, 0.1) is 0 Å². The van der Waals surface area contributed by atoms with Crippen molar-refractivity contribution in [3.05, 3.63) is 37.0 Å². The zero-order valence-electron chi connectivity index (χ0n) is 10.7. The molecule has 0 aromatic heterocycles. The smallest absolute Gasteiger partial charge is 0.330 e. The molecular weight excluding hydrogens is 214 g/mol. The molecule has 0 atom stereocenters. The minimum Gasteiger partial charge on any atom is -0.461 e. The van der Waals surface area contributed by atoms with Gasteiger partial charge in [-0.1, -0.05) is 44.2 Å². The van der Waals surface area contributed by atoms with Crippen LogP contribution in [0.25, 0.3) is 0 Å². The first-order valence-electron chi connectivity index (χ1n) is 6.12. The van der Waals surface area contributed by atoms with Gasteiger partial charge in [0.2, 0.25) is 0 Å². The van der Waals surface area contributed by atoms with Crippen molar-refractivity contribution in [2.75, 3.05) is 19.7 Å². The molecule has 17 heavy (non-hydrogen) atoms. The third-order valence-electron chi connectivity index (χ3n) is 2.02. The molecule has 0 fully saturated rings. The van der Waals surface area contributed by atoms with Crippen molar-refractivity contribution in [3.63, 3.8) is 0 Å². The van der Waals surface area contributed by atoms with Crippen LogP contribution in [-0.4, -0.2) is 25.7 Å². The highest BCUT2D eigenvalue weighted by molar-refractivity contribution is 5.81. The normalized spacial score (nSPS) is 11.1. The summed E-state index contributed by atoms with van der Waals surface area (Å²) in [7, 11) is 0. The van der Waals surface area contributed by atoms with Crippen molar-refractivity contribution in [1.82, 2.24) is 5.32 Å². The third-order valence-corrected chi connectivity index (χ3v) is 2.02. The fourth-order valence-corrected chi connectivity index (χ4v) is 1.11. The topological polar surface area (TPSA) is 38.3 Å². The molecule has 0 radical (unpaired) electrons. The van der Waals surface area contributed by atoms with Crippen LogP contribution in [0.5, 0.6) is 0 Å². The van der Waals surface area contributed by atoms with Crippen LogP contribution in [0.2, 0.25) is 0 Å². The molecule has 0 aromatic carbocycles. The monoisotopic (exact) mass is 237 g/mol. The highest BCUT2D eigenvalue weighted by Gasteiger charge is 1.93. The maximum absolute atomic E-state index is 10.7. The molecule has 0 aliphatic heterocycles.